The van der Waals surface area contributed by atoms with Gasteiger partial charge in [-0.2, -0.15) is 0 Å². The topological polar surface area (TPSA) is 12.0 Å². The second-order valence-electron chi connectivity index (χ2n) is 5.63. The van der Waals surface area contributed by atoms with E-state index in [2.05, 4.69) is 36.7 Å². The highest BCUT2D eigenvalue weighted by atomic mass is 32.1. The monoisotopic (exact) mass is 237 g/mol. The standard InChI is InChI=1S/C14H23NS/c1-12(2)10-15-11-14(6-4-7-14)9-13-5-3-8-16-13/h3,5,8,12,15H,4,6-7,9-11H2,1-2H3. The molecule has 2 rings (SSSR count). The Kier molecular flexibility index (Phi) is 4.04. The Morgan fingerprint density at radius 2 is 2.25 bits per heavy atom. The number of nitrogens with one attached hydrogen (secondary N) is 1. The second kappa shape index (κ2) is 5.33. The minimum absolute atomic E-state index is 0.583. The number of hydrogen-bond acceptors (Lipinski definition) is 2. The van der Waals surface area contributed by atoms with E-state index in [-0.39, 0.29) is 0 Å². The highest BCUT2D eigenvalue weighted by Crippen LogP contribution is 2.43. The minimum Gasteiger partial charge on any atom is -0.316 e. The van der Waals surface area contributed by atoms with Gasteiger partial charge in [-0.3, -0.25) is 0 Å². The summed E-state index contributed by atoms with van der Waals surface area (Å²) < 4.78 is 0. The molecule has 1 aromatic rings. The molecule has 1 nitrogen and oxygen atoms in total. The zero-order chi connectivity index (χ0) is 11.4. The van der Waals surface area contributed by atoms with Gasteiger partial charge in [-0.15, -0.1) is 11.3 Å². The van der Waals surface area contributed by atoms with Crippen molar-refractivity contribution in [2.75, 3.05) is 13.1 Å². The normalized spacial score (nSPS) is 18.7. The van der Waals surface area contributed by atoms with Gasteiger partial charge >= 0.3 is 0 Å². The van der Waals surface area contributed by atoms with E-state index in [9.17, 15) is 0 Å². The van der Waals surface area contributed by atoms with Gasteiger partial charge in [0.15, 0.2) is 0 Å². The Hall–Kier alpha value is -0.340. The lowest BCUT2D eigenvalue weighted by atomic mass is 9.66. The molecule has 1 aromatic heterocycles. The molecule has 0 atom stereocenters. The highest BCUT2D eigenvalue weighted by molar-refractivity contribution is 7.09. The van der Waals surface area contributed by atoms with Crippen LogP contribution in [0.1, 0.15) is 38.0 Å². The Morgan fingerprint density at radius 3 is 2.75 bits per heavy atom. The van der Waals surface area contributed by atoms with Crippen LogP contribution in [0.4, 0.5) is 0 Å². The first-order valence-electron chi connectivity index (χ1n) is 6.43. The lowest BCUT2D eigenvalue weighted by molar-refractivity contribution is 0.130. The van der Waals surface area contributed by atoms with Crippen molar-refractivity contribution in [3.8, 4) is 0 Å². The third-order valence-corrected chi connectivity index (χ3v) is 4.47. The molecule has 1 aliphatic carbocycles. The molecule has 1 N–H and O–H groups in total. The average Bonchev–Trinajstić information content (AvgIpc) is 2.65. The summed E-state index contributed by atoms with van der Waals surface area (Å²) in [6, 6.07) is 4.46. The van der Waals surface area contributed by atoms with Crippen molar-refractivity contribution in [1.29, 1.82) is 0 Å². The maximum atomic E-state index is 3.64. The number of thiophene rings is 1. The van der Waals surface area contributed by atoms with Crippen LogP contribution >= 0.6 is 11.3 Å². The Bertz CT molecular complexity index is 299. The van der Waals surface area contributed by atoms with Crippen molar-refractivity contribution in [3.05, 3.63) is 22.4 Å². The van der Waals surface area contributed by atoms with Gasteiger partial charge in [0.25, 0.3) is 0 Å². The first-order chi connectivity index (χ1) is 7.70. The van der Waals surface area contributed by atoms with Crippen LogP contribution in [0.2, 0.25) is 0 Å². The number of hydrogen-bond donors (Lipinski definition) is 1. The van der Waals surface area contributed by atoms with Crippen molar-refractivity contribution < 1.29 is 0 Å². The summed E-state index contributed by atoms with van der Waals surface area (Å²) in [6.45, 7) is 6.93. The minimum atomic E-state index is 0.583. The maximum Gasteiger partial charge on any atom is 0.00512 e. The molecular formula is C14H23NS. The van der Waals surface area contributed by atoms with Gasteiger partial charge in [0.2, 0.25) is 0 Å². The van der Waals surface area contributed by atoms with E-state index in [0.717, 1.165) is 12.5 Å². The smallest absolute Gasteiger partial charge is 0.00512 e. The fraction of sp³-hybridized carbons (Fsp3) is 0.714. The summed E-state index contributed by atoms with van der Waals surface area (Å²) in [6.07, 6.45) is 5.54. The molecule has 1 saturated carbocycles. The van der Waals surface area contributed by atoms with E-state index in [1.54, 1.807) is 4.88 Å². The van der Waals surface area contributed by atoms with Crippen LogP contribution in [-0.4, -0.2) is 13.1 Å². The molecule has 0 amide bonds. The van der Waals surface area contributed by atoms with Crippen molar-refractivity contribution in [3.63, 3.8) is 0 Å². The quantitative estimate of drug-likeness (QED) is 0.795. The Labute approximate surface area is 103 Å². The predicted octanol–water partition coefficient (Wildman–Crippen LogP) is 3.71. The molecule has 0 bridgehead atoms. The van der Waals surface area contributed by atoms with Crippen LogP contribution < -0.4 is 5.32 Å². The summed E-state index contributed by atoms with van der Waals surface area (Å²) in [5, 5.41) is 5.84. The molecule has 0 aliphatic heterocycles. The van der Waals surface area contributed by atoms with Gasteiger partial charge < -0.3 is 5.32 Å². The summed E-state index contributed by atoms with van der Waals surface area (Å²) in [7, 11) is 0. The molecule has 2 heteroatoms. The molecule has 0 saturated heterocycles. The van der Waals surface area contributed by atoms with E-state index < -0.39 is 0 Å². The van der Waals surface area contributed by atoms with E-state index in [1.807, 2.05) is 11.3 Å². The van der Waals surface area contributed by atoms with E-state index in [4.69, 9.17) is 0 Å². The Balaban J connectivity index is 1.82. The van der Waals surface area contributed by atoms with Crippen molar-refractivity contribution in [2.24, 2.45) is 11.3 Å². The first kappa shape index (κ1) is 12.1. The highest BCUT2D eigenvalue weighted by Gasteiger charge is 2.36. The lowest BCUT2D eigenvalue weighted by Gasteiger charge is -2.42. The van der Waals surface area contributed by atoms with Crippen molar-refractivity contribution >= 4 is 11.3 Å². The molecule has 0 spiro atoms. The van der Waals surface area contributed by atoms with Gasteiger partial charge in [-0.05, 0) is 48.6 Å². The molecule has 1 aliphatic rings. The molecule has 1 heterocycles. The lowest BCUT2D eigenvalue weighted by Crippen LogP contribution is -2.42. The summed E-state index contributed by atoms with van der Waals surface area (Å²) in [5.74, 6) is 0.763. The largest absolute Gasteiger partial charge is 0.316 e. The van der Waals surface area contributed by atoms with Gasteiger partial charge in [0.05, 0.1) is 0 Å². The maximum absolute atomic E-state index is 3.64. The average molecular weight is 237 g/mol. The molecule has 0 aromatic carbocycles. The number of rotatable bonds is 6. The fourth-order valence-corrected chi connectivity index (χ4v) is 3.38. The van der Waals surface area contributed by atoms with E-state index >= 15 is 0 Å². The molecule has 0 radical (unpaired) electrons. The molecule has 16 heavy (non-hydrogen) atoms. The van der Waals surface area contributed by atoms with Crippen molar-refractivity contribution in [2.45, 2.75) is 39.5 Å². The van der Waals surface area contributed by atoms with Gasteiger partial charge in [-0.25, -0.2) is 0 Å². The second-order valence-corrected chi connectivity index (χ2v) is 6.67. The summed E-state index contributed by atoms with van der Waals surface area (Å²) in [4.78, 5) is 1.56. The summed E-state index contributed by atoms with van der Waals surface area (Å²) in [5.41, 5.74) is 0.583. The Morgan fingerprint density at radius 1 is 1.44 bits per heavy atom. The fourth-order valence-electron chi connectivity index (χ4n) is 2.50. The zero-order valence-electron chi connectivity index (χ0n) is 10.5. The zero-order valence-corrected chi connectivity index (χ0v) is 11.3. The SMILES string of the molecule is CC(C)CNCC1(Cc2cccs2)CCC1. The molecular weight excluding hydrogens is 214 g/mol. The third kappa shape index (κ3) is 3.08. The van der Waals surface area contributed by atoms with Crippen LogP contribution in [-0.2, 0) is 6.42 Å². The van der Waals surface area contributed by atoms with Crippen molar-refractivity contribution in [1.82, 2.24) is 5.32 Å². The van der Waals surface area contributed by atoms with Gasteiger partial charge in [0.1, 0.15) is 0 Å². The first-order valence-corrected chi connectivity index (χ1v) is 7.31. The van der Waals surface area contributed by atoms with Gasteiger partial charge in [0, 0.05) is 11.4 Å². The van der Waals surface area contributed by atoms with E-state index in [1.165, 1.54) is 32.2 Å². The molecule has 1 fully saturated rings. The molecule has 90 valence electrons. The molecule has 0 unspecified atom stereocenters. The van der Waals surface area contributed by atoms with Crippen LogP contribution in [0, 0.1) is 11.3 Å². The van der Waals surface area contributed by atoms with Crippen LogP contribution in [0.15, 0.2) is 17.5 Å². The van der Waals surface area contributed by atoms with Gasteiger partial charge in [-0.1, -0.05) is 26.3 Å². The van der Waals surface area contributed by atoms with Crippen LogP contribution in [0.5, 0.6) is 0 Å². The van der Waals surface area contributed by atoms with Crippen LogP contribution in [0.25, 0.3) is 0 Å². The van der Waals surface area contributed by atoms with Crippen LogP contribution in [0.3, 0.4) is 0 Å². The predicted molar refractivity (Wildman–Crippen MR) is 72.0 cm³/mol. The summed E-state index contributed by atoms with van der Waals surface area (Å²) >= 11 is 1.91. The third-order valence-electron chi connectivity index (χ3n) is 3.60. The van der Waals surface area contributed by atoms with E-state index in [0.29, 0.717) is 5.41 Å².